The molecule has 1 aliphatic rings. The van der Waals surface area contributed by atoms with Crippen LogP contribution >= 0.6 is 0 Å². The zero-order valence-corrected chi connectivity index (χ0v) is 8.16. The van der Waals surface area contributed by atoms with E-state index in [-0.39, 0.29) is 12.6 Å². The Bertz CT molecular complexity index is 232. The van der Waals surface area contributed by atoms with Crippen LogP contribution in [-0.2, 0) is 4.74 Å². The van der Waals surface area contributed by atoms with Gasteiger partial charge in [0.25, 0.3) is 0 Å². The van der Waals surface area contributed by atoms with Crippen molar-refractivity contribution in [3.63, 3.8) is 0 Å². The smallest absolute Gasteiger partial charge is 0.415 e. The Morgan fingerprint density at radius 1 is 1.64 bits per heavy atom. The van der Waals surface area contributed by atoms with Crippen LogP contribution in [0.15, 0.2) is 0 Å². The fourth-order valence-corrected chi connectivity index (χ4v) is 1.31. The number of urea groups is 1. The molecule has 1 rings (SSSR count). The van der Waals surface area contributed by atoms with E-state index in [9.17, 15) is 9.59 Å². The van der Waals surface area contributed by atoms with Gasteiger partial charge in [0.1, 0.15) is 0 Å². The Kier molecular flexibility index (Phi) is 3.70. The monoisotopic (exact) mass is 201 g/mol. The van der Waals surface area contributed by atoms with Crippen molar-refractivity contribution in [2.75, 3.05) is 19.7 Å². The van der Waals surface area contributed by atoms with E-state index in [4.69, 9.17) is 5.73 Å². The molecule has 1 aliphatic heterocycles. The molecule has 0 unspecified atom stereocenters. The average molecular weight is 201 g/mol. The maximum atomic E-state index is 11.3. The number of nitrogens with one attached hydrogen (secondary N) is 1. The van der Waals surface area contributed by atoms with Gasteiger partial charge in [0.15, 0.2) is 0 Å². The molecule has 0 aromatic carbocycles. The second kappa shape index (κ2) is 4.80. The third-order valence-corrected chi connectivity index (χ3v) is 2.00. The van der Waals surface area contributed by atoms with Gasteiger partial charge in [0, 0.05) is 19.1 Å². The summed E-state index contributed by atoms with van der Waals surface area (Å²) in [6.45, 7) is 3.01. The van der Waals surface area contributed by atoms with Crippen LogP contribution in [0.3, 0.4) is 0 Å². The Morgan fingerprint density at radius 2 is 2.36 bits per heavy atom. The van der Waals surface area contributed by atoms with E-state index in [0.717, 1.165) is 6.42 Å². The van der Waals surface area contributed by atoms with Crippen LogP contribution in [-0.4, -0.2) is 42.8 Å². The summed E-state index contributed by atoms with van der Waals surface area (Å²) in [5, 5.41) is 2.11. The topological polar surface area (TPSA) is 84.7 Å². The molecular formula is C8H15N3O3. The lowest BCUT2D eigenvalue weighted by Gasteiger charge is -2.15. The van der Waals surface area contributed by atoms with E-state index in [1.807, 2.05) is 0 Å². The lowest BCUT2D eigenvalue weighted by atomic mass is 10.3. The number of hydrogen-bond donors (Lipinski definition) is 2. The van der Waals surface area contributed by atoms with Crippen LogP contribution in [0.25, 0.3) is 0 Å². The summed E-state index contributed by atoms with van der Waals surface area (Å²) in [5.74, 6) is 0. The van der Waals surface area contributed by atoms with Gasteiger partial charge in [-0.15, -0.1) is 0 Å². The second-order valence-electron chi connectivity index (χ2n) is 3.15. The van der Waals surface area contributed by atoms with E-state index < -0.39 is 12.1 Å². The third kappa shape index (κ3) is 2.88. The lowest BCUT2D eigenvalue weighted by molar-refractivity contribution is 0.148. The standard InChI is InChI=1S/C8H15N3O3/c1-2-14-8(13)10-7(12)11-4-3-6(9)5-11/h6H,2-5,9H2,1H3,(H,10,12,13)/t6-/m0/s1. The highest BCUT2D eigenvalue weighted by molar-refractivity contribution is 5.90. The highest BCUT2D eigenvalue weighted by Crippen LogP contribution is 2.06. The summed E-state index contributed by atoms with van der Waals surface area (Å²) in [6.07, 6.45) is 0.0638. The molecule has 3 amide bonds. The molecule has 0 spiro atoms. The van der Waals surface area contributed by atoms with Crippen molar-refractivity contribution in [2.45, 2.75) is 19.4 Å². The number of carbonyl (C=O) groups is 2. The van der Waals surface area contributed by atoms with Gasteiger partial charge in [-0.2, -0.15) is 0 Å². The molecule has 1 atom stereocenters. The molecule has 80 valence electrons. The number of nitrogens with two attached hydrogens (primary N) is 1. The molecule has 0 aromatic heterocycles. The normalized spacial score (nSPS) is 20.7. The number of carbonyl (C=O) groups excluding carboxylic acids is 2. The number of alkyl carbamates (subject to hydrolysis) is 1. The van der Waals surface area contributed by atoms with E-state index >= 15 is 0 Å². The fourth-order valence-electron chi connectivity index (χ4n) is 1.31. The number of imide groups is 1. The molecule has 1 fully saturated rings. The Hall–Kier alpha value is -1.30. The first-order valence-corrected chi connectivity index (χ1v) is 4.61. The average Bonchev–Trinajstić information content (AvgIpc) is 2.52. The van der Waals surface area contributed by atoms with Crippen LogP contribution in [0.1, 0.15) is 13.3 Å². The fraction of sp³-hybridized carbons (Fsp3) is 0.750. The molecule has 1 heterocycles. The van der Waals surface area contributed by atoms with Gasteiger partial charge in [-0.1, -0.05) is 0 Å². The molecule has 6 heteroatoms. The van der Waals surface area contributed by atoms with Crippen molar-refractivity contribution in [3.8, 4) is 0 Å². The molecule has 0 radical (unpaired) electrons. The number of hydrogen-bond acceptors (Lipinski definition) is 4. The van der Waals surface area contributed by atoms with Gasteiger partial charge in [-0.25, -0.2) is 14.9 Å². The van der Waals surface area contributed by atoms with Crippen molar-refractivity contribution in [1.29, 1.82) is 0 Å². The van der Waals surface area contributed by atoms with Gasteiger partial charge in [-0.3, -0.25) is 0 Å². The van der Waals surface area contributed by atoms with Crippen LogP contribution < -0.4 is 11.1 Å². The first kappa shape index (κ1) is 10.8. The molecule has 6 nitrogen and oxygen atoms in total. The van der Waals surface area contributed by atoms with Crippen molar-refractivity contribution >= 4 is 12.1 Å². The SMILES string of the molecule is CCOC(=O)NC(=O)N1CC[C@H](N)C1. The molecular weight excluding hydrogens is 186 g/mol. The molecule has 1 saturated heterocycles. The maximum absolute atomic E-state index is 11.3. The zero-order valence-electron chi connectivity index (χ0n) is 8.16. The first-order valence-electron chi connectivity index (χ1n) is 4.61. The minimum Gasteiger partial charge on any atom is -0.450 e. The Balaban J connectivity index is 2.31. The molecule has 0 aliphatic carbocycles. The minimum atomic E-state index is -0.710. The number of nitrogens with zero attached hydrogens (tertiary/aromatic N) is 1. The molecule has 0 bridgehead atoms. The zero-order chi connectivity index (χ0) is 10.6. The number of rotatable bonds is 1. The number of likely N-dealkylation sites (tertiary alicyclic amines) is 1. The predicted octanol–water partition coefficient (Wildman–Crippen LogP) is -0.115. The summed E-state index contributed by atoms with van der Waals surface area (Å²) in [4.78, 5) is 23.7. The summed E-state index contributed by atoms with van der Waals surface area (Å²) >= 11 is 0. The number of ether oxygens (including phenoxy) is 1. The summed E-state index contributed by atoms with van der Waals surface area (Å²) in [6, 6.07) is -0.417. The van der Waals surface area contributed by atoms with Crippen molar-refractivity contribution in [2.24, 2.45) is 5.73 Å². The summed E-state index contributed by atoms with van der Waals surface area (Å²) < 4.78 is 4.57. The molecule has 14 heavy (non-hydrogen) atoms. The first-order chi connectivity index (χ1) is 6.63. The third-order valence-electron chi connectivity index (χ3n) is 2.00. The predicted molar refractivity (Wildman–Crippen MR) is 49.7 cm³/mol. The van der Waals surface area contributed by atoms with E-state index in [2.05, 4.69) is 10.1 Å². The quantitative estimate of drug-likeness (QED) is 0.619. The van der Waals surface area contributed by atoms with E-state index in [0.29, 0.717) is 13.1 Å². The maximum Gasteiger partial charge on any atom is 0.415 e. The van der Waals surface area contributed by atoms with Gasteiger partial charge >= 0.3 is 12.1 Å². The highest BCUT2D eigenvalue weighted by atomic mass is 16.5. The summed E-state index contributed by atoms with van der Waals surface area (Å²) in [5.41, 5.74) is 5.61. The van der Waals surface area contributed by atoms with E-state index in [1.165, 1.54) is 4.90 Å². The van der Waals surface area contributed by atoms with Gasteiger partial charge in [-0.05, 0) is 13.3 Å². The van der Waals surface area contributed by atoms with Crippen molar-refractivity contribution in [1.82, 2.24) is 10.2 Å². The van der Waals surface area contributed by atoms with Crippen LogP contribution in [0.5, 0.6) is 0 Å². The molecule has 3 N–H and O–H groups in total. The van der Waals surface area contributed by atoms with Gasteiger partial charge in [0.2, 0.25) is 0 Å². The van der Waals surface area contributed by atoms with E-state index in [1.54, 1.807) is 6.92 Å². The Morgan fingerprint density at radius 3 is 2.86 bits per heavy atom. The summed E-state index contributed by atoms with van der Waals surface area (Å²) in [7, 11) is 0. The second-order valence-corrected chi connectivity index (χ2v) is 3.15. The van der Waals surface area contributed by atoms with Crippen LogP contribution in [0.2, 0.25) is 0 Å². The largest absolute Gasteiger partial charge is 0.450 e. The molecule has 0 aromatic rings. The number of amides is 3. The van der Waals surface area contributed by atoms with Crippen LogP contribution in [0, 0.1) is 0 Å². The van der Waals surface area contributed by atoms with Gasteiger partial charge < -0.3 is 15.4 Å². The van der Waals surface area contributed by atoms with Crippen molar-refractivity contribution < 1.29 is 14.3 Å². The van der Waals surface area contributed by atoms with Crippen molar-refractivity contribution in [3.05, 3.63) is 0 Å². The highest BCUT2D eigenvalue weighted by Gasteiger charge is 2.24. The Labute approximate surface area is 82.4 Å². The minimum absolute atomic E-state index is 0.0166. The van der Waals surface area contributed by atoms with Gasteiger partial charge in [0.05, 0.1) is 6.61 Å². The molecule has 0 saturated carbocycles. The lowest BCUT2D eigenvalue weighted by Crippen LogP contribution is -2.42. The van der Waals surface area contributed by atoms with Crippen LogP contribution in [0.4, 0.5) is 9.59 Å².